The van der Waals surface area contributed by atoms with E-state index in [9.17, 15) is 9.50 Å². The van der Waals surface area contributed by atoms with Crippen LogP contribution in [0.25, 0.3) is 11.0 Å². The first-order valence-corrected chi connectivity index (χ1v) is 9.05. The topological polar surface area (TPSA) is 95.9 Å². The first-order valence-electron chi connectivity index (χ1n) is 8.67. The SMILES string of the molecule is OCC1(Nc2ncc3ncnc(Nc4ccc(F)c(Cl)c4)c3n2)CCCC1. The zero-order valence-corrected chi connectivity index (χ0v) is 15.2. The van der Waals surface area contributed by atoms with E-state index >= 15 is 0 Å². The number of benzene rings is 1. The molecule has 7 nitrogen and oxygen atoms in total. The number of nitrogens with zero attached hydrogens (tertiary/aromatic N) is 4. The van der Waals surface area contributed by atoms with E-state index in [0.29, 0.717) is 28.5 Å². The van der Waals surface area contributed by atoms with Crippen LogP contribution in [0.2, 0.25) is 5.02 Å². The molecule has 2 aromatic heterocycles. The van der Waals surface area contributed by atoms with Crippen molar-refractivity contribution in [2.24, 2.45) is 0 Å². The minimum absolute atomic E-state index is 0.0152. The van der Waals surface area contributed by atoms with Gasteiger partial charge in [0.1, 0.15) is 23.2 Å². The number of aliphatic hydroxyl groups excluding tert-OH is 1. The van der Waals surface area contributed by atoms with Gasteiger partial charge in [0.2, 0.25) is 5.95 Å². The molecule has 3 aromatic rings. The van der Waals surface area contributed by atoms with Gasteiger partial charge in [-0.25, -0.2) is 24.3 Å². The number of hydrogen-bond donors (Lipinski definition) is 3. The molecule has 0 aliphatic heterocycles. The fourth-order valence-electron chi connectivity index (χ4n) is 3.33. The lowest BCUT2D eigenvalue weighted by atomic mass is 9.99. The number of anilines is 3. The van der Waals surface area contributed by atoms with Crippen LogP contribution in [0.1, 0.15) is 25.7 Å². The molecule has 2 heterocycles. The molecule has 0 spiro atoms. The van der Waals surface area contributed by atoms with E-state index in [1.807, 2.05) is 0 Å². The maximum Gasteiger partial charge on any atom is 0.223 e. The summed E-state index contributed by atoms with van der Waals surface area (Å²) in [5.41, 5.74) is 1.27. The number of fused-ring (bicyclic) bond motifs is 1. The Morgan fingerprint density at radius 3 is 2.74 bits per heavy atom. The molecule has 0 bridgehead atoms. The minimum atomic E-state index is -0.491. The van der Waals surface area contributed by atoms with E-state index in [1.165, 1.54) is 18.5 Å². The quantitative estimate of drug-likeness (QED) is 0.613. The summed E-state index contributed by atoms with van der Waals surface area (Å²) in [6.07, 6.45) is 6.86. The van der Waals surface area contributed by atoms with Gasteiger partial charge in [-0.15, -0.1) is 0 Å². The summed E-state index contributed by atoms with van der Waals surface area (Å²) in [5, 5.41) is 16.2. The van der Waals surface area contributed by atoms with Gasteiger partial charge in [-0.05, 0) is 31.0 Å². The monoisotopic (exact) mass is 388 g/mol. The molecular formula is C18H18ClFN6O. The summed E-state index contributed by atoms with van der Waals surface area (Å²) in [7, 11) is 0. The molecule has 0 amide bonds. The fraction of sp³-hybridized carbons (Fsp3) is 0.333. The van der Waals surface area contributed by atoms with Gasteiger partial charge >= 0.3 is 0 Å². The average Bonchev–Trinajstić information content (AvgIpc) is 3.14. The highest BCUT2D eigenvalue weighted by atomic mass is 35.5. The Morgan fingerprint density at radius 1 is 1.19 bits per heavy atom. The normalized spacial score (nSPS) is 15.8. The second kappa shape index (κ2) is 7.21. The third kappa shape index (κ3) is 3.63. The highest BCUT2D eigenvalue weighted by molar-refractivity contribution is 6.31. The van der Waals surface area contributed by atoms with Crippen LogP contribution >= 0.6 is 11.6 Å². The average molecular weight is 389 g/mol. The lowest BCUT2D eigenvalue weighted by Gasteiger charge is -2.27. The molecule has 0 radical (unpaired) electrons. The first-order chi connectivity index (χ1) is 13.1. The molecule has 1 aliphatic rings. The molecule has 0 unspecified atom stereocenters. The Labute approximate surface area is 160 Å². The van der Waals surface area contributed by atoms with Gasteiger partial charge < -0.3 is 15.7 Å². The maximum atomic E-state index is 13.4. The van der Waals surface area contributed by atoms with Crippen molar-refractivity contribution in [3.05, 3.63) is 41.6 Å². The summed E-state index contributed by atoms with van der Waals surface area (Å²) in [4.78, 5) is 17.3. The van der Waals surface area contributed by atoms with Crippen LogP contribution in [0, 0.1) is 5.82 Å². The Kier molecular flexibility index (Phi) is 4.75. The van der Waals surface area contributed by atoms with E-state index in [4.69, 9.17) is 11.6 Å². The Balaban J connectivity index is 1.67. The van der Waals surface area contributed by atoms with Crippen molar-refractivity contribution < 1.29 is 9.50 Å². The zero-order chi connectivity index (χ0) is 18.9. The number of aromatic nitrogens is 4. The molecule has 1 aromatic carbocycles. The van der Waals surface area contributed by atoms with Gasteiger partial charge in [-0.2, -0.15) is 0 Å². The van der Waals surface area contributed by atoms with Gasteiger partial charge in [0.05, 0.1) is 23.4 Å². The van der Waals surface area contributed by atoms with Crippen LogP contribution in [-0.2, 0) is 0 Å². The Bertz CT molecular complexity index is 979. The second-order valence-electron chi connectivity index (χ2n) is 6.67. The molecule has 1 saturated carbocycles. The third-order valence-electron chi connectivity index (χ3n) is 4.80. The predicted octanol–water partition coefficient (Wildman–Crippen LogP) is 3.67. The lowest BCUT2D eigenvalue weighted by molar-refractivity contribution is 0.213. The smallest absolute Gasteiger partial charge is 0.223 e. The molecular weight excluding hydrogens is 371 g/mol. The van der Waals surface area contributed by atoms with Crippen LogP contribution in [-0.4, -0.2) is 37.2 Å². The highest BCUT2D eigenvalue weighted by Crippen LogP contribution is 2.32. The van der Waals surface area contributed by atoms with E-state index in [-0.39, 0.29) is 17.2 Å². The van der Waals surface area contributed by atoms with Crippen molar-refractivity contribution in [1.29, 1.82) is 0 Å². The molecule has 1 aliphatic carbocycles. The lowest BCUT2D eigenvalue weighted by Crippen LogP contribution is -2.39. The van der Waals surface area contributed by atoms with Gasteiger partial charge in [0.25, 0.3) is 0 Å². The number of halogens is 2. The van der Waals surface area contributed by atoms with Crippen molar-refractivity contribution in [2.45, 2.75) is 31.2 Å². The van der Waals surface area contributed by atoms with Crippen molar-refractivity contribution >= 4 is 40.1 Å². The number of hydrogen-bond acceptors (Lipinski definition) is 7. The van der Waals surface area contributed by atoms with Crippen LogP contribution in [0.3, 0.4) is 0 Å². The molecule has 3 N–H and O–H groups in total. The molecule has 27 heavy (non-hydrogen) atoms. The van der Waals surface area contributed by atoms with Gasteiger partial charge in [0.15, 0.2) is 5.82 Å². The molecule has 9 heteroatoms. The second-order valence-corrected chi connectivity index (χ2v) is 7.08. The van der Waals surface area contributed by atoms with E-state index in [0.717, 1.165) is 25.7 Å². The number of rotatable bonds is 5. The molecule has 4 rings (SSSR count). The van der Waals surface area contributed by atoms with Crippen molar-refractivity contribution in [3.63, 3.8) is 0 Å². The zero-order valence-electron chi connectivity index (χ0n) is 14.4. The van der Waals surface area contributed by atoms with E-state index in [2.05, 4.69) is 30.6 Å². The van der Waals surface area contributed by atoms with Crippen LogP contribution < -0.4 is 10.6 Å². The summed E-state index contributed by atoms with van der Waals surface area (Å²) in [6, 6.07) is 4.32. The summed E-state index contributed by atoms with van der Waals surface area (Å²) >= 11 is 5.84. The van der Waals surface area contributed by atoms with Crippen LogP contribution in [0.4, 0.5) is 21.8 Å². The Morgan fingerprint density at radius 2 is 2.00 bits per heavy atom. The minimum Gasteiger partial charge on any atom is -0.394 e. The number of nitrogens with one attached hydrogen (secondary N) is 2. The first kappa shape index (κ1) is 17.8. The van der Waals surface area contributed by atoms with Crippen molar-refractivity contribution in [2.75, 3.05) is 17.2 Å². The van der Waals surface area contributed by atoms with E-state index in [1.54, 1.807) is 12.3 Å². The van der Waals surface area contributed by atoms with Crippen LogP contribution in [0.5, 0.6) is 0 Å². The van der Waals surface area contributed by atoms with E-state index < -0.39 is 5.82 Å². The van der Waals surface area contributed by atoms with Crippen LogP contribution in [0.15, 0.2) is 30.7 Å². The summed E-state index contributed by atoms with van der Waals surface area (Å²) < 4.78 is 13.4. The maximum absolute atomic E-state index is 13.4. The van der Waals surface area contributed by atoms with Gasteiger partial charge in [0, 0.05) is 5.69 Å². The van der Waals surface area contributed by atoms with Gasteiger partial charge in [-0.1, -0.05) is 24.4 Å². The van der Waals surface area contributed by atoms with Crippen molar-refractivity contribution in [1.82, 2.24) is 19.9 Å². The number of aliphatic hydroxyl groups is 1. The third-order valence-corrected chi connectivity index (χ3v) is 5.09. The predicted molar refractivity (Wildman–Crippen MR) is 102 cm³/mol. The molecule has 1 fully saturated rings. The molecule has 0 saturated heterocycles. The highest BCUT2D eigenvalue weighted by Gasteiger charge is 2.33. The summed E-state index contributed by atoms with van der Waals surface area (Å²) in [5.74, 6) is 0.375. The Hall–Kier alpha value is -2.58. The fourth-order valence-corrected chi connectivity index (χ4v) is 3.51. The standard InChI is InChI=1S/C18H18ClFN6O/c19-12-7-11(3-4-13(12)20)24-16-15-14(22-10-23-16)8-21-17(25-15)26-18(9-27)5-1-2-6-18/h3-4,7-8,10,27H,1-2,5-6,9H2,(H,21,25,26)(H,22,23,24). The summed E-state index contributed by atoms with van der Waals surface area (Å²) in [6.45, 7) is 0.0267. The largest absolute Gasteiger partial charge is 0.394 e. The van der Waals surface area contributed by atoms with Crippen molar-refractivity contribution in [3.8, 4) is 0 Å². The molecule has 0 atom stereocenters. The molecule has 140 valence electrons. The van der Waals surface area contributed by atoms with Gasteiger partial charge in [-0.3, -0.25) is 0 Å².